The van der Waals surface area contributed by atoms with Crippen molar-refractivity contribution in [3.05, 3.63) is 59.2 Å². The number of benzene rings is 2. The summed E-state index contributed by atoms with van der Waals surface area (Å²) >= 11 is 0. The second-order valence-electron chi connectivity index (χ2n) is 5.36. The van der Waals surface area contributed by atoms with Crippen LogP contribution < -0.4 is 14.8 Å². The molecule has 124 valence electrons. The fourth-order valence-electron chi connectivity index (χ4n) is 2.33. The summed E-state index contributed by atoms with van der Waals surface area (Å²) in [5.41, 5.74) is 3.79. The third kappa shape index (κ3) is 5.27. The Labute approximate surface area is 138 Å². The summed E-state index contributed by atoms with van der Waals surface area (Å²) in [6.07, 6.45) is 0. The first-order valence-electron chi connectivity index (χ1n) is 7.78. The monoisotopic (exact) mass is 315 g/mol. The molecule has 1 N–H and O–H groups in total. The molecule has 2 aromatic rings. The molecule has 23 heavy (non-hydrogen) atoms. The quantitative estimate of drug-likeness (QED) is 0.721. The number of methoxy groups -OCH3 is 2. The molecule has 0 saturated carbocycles. The van der Waals surface area contributed by atoms with E-state index in [2.05, 4.69) is 42.6 Å². The average molecular weight is 315 g/mol. The minimum atomic E-state index is 0.512. The van der Waals surface area contributed by atoms with Gasteiger partial charge < -0.3 is 19.5 Å². The molecular formula is C19H25NO3. The molecule has 0 radical (unpaired) electrons. The summed E-state index contributed by atoms with van der Waals surface area (Å²) < 4.78 is 16.0. The Hall–Kier alpha value is -2.04. The van der Waals surface area contributed by atoms with Gasteiger partial charge in [0.1, 0.15) is 6.61 Å². The minimum absolute atomic E-state index is 0.512. The van der Waals surface area contributed by atoms with Gasteiger partial charge in [0.2, 0.25) is 0 Å². The zero-order valence-corrected chi connectivity index (χ0v) is 14.1. The van der Waals surface area contributed by atoms with Crippen molar-refractivity contribution in [2.24, 2.45) is 0 Å². The van der Waals surface area contributed by atoms with Crippen molar-refractivity contribution in [1.82, 2.24) is 5.32 Å². The summed E-state index contributed by atoms with van der Waals surface area (Å²) in [6.45, 7) is 4.83. The van der Waals surface area contributed by atoms with E-state index in [0.29, 0.717) is 13.2 Å². The van der Waals surface area contributed by atoms with Crippen LogP contribution in [0.4, 0.5) is 0 Å². The largest absolute Gasteiger partial charge is 0.493 e. The lowest BCUT2D eigenvalue weighted by Crippen LogP contribution is -2.13. The van der Waals surface area contributed by atoms with Crippen molar-refractivity contribution < 1.29 is 14.2 Å². The smallest absolute Gasteiger partial charge is 0.161 e. The Morgan fingerprint density at radius 3 is 2.48 bits per heavy atom. The number of nitrogens with one attached hydrogen (secondary N) is 1. The molecule has 4 nitrogen and oxygen atoms in total. The maximum Gasteiger partial charge on any atom is 0.161 e. The molecule has 2 aromatic carbocycles. The predicted octanol–water partition coefficient (Wildman–Crippen LogP) is 3.32. The van der Waals surface area contributed by atoms with Crippen molar-refractivity contribution in [3.8, 4) is 11.5 Å². The highest BCUT2D eigenvalue weighted by Gasteiger charge is 2.06. The standard InChI is InChI=1S/C19H25NO3/c1-15-6-4-5-7-17(15)14-20-13-16-8-9-18(19(12-16)22-3)23-11-10-21-2/h4-9,12,20H,10-11,13-14H2,1-3H3. The second kappa shape index (κ2) is 9.18. The Balaban J connectivity index is 1.91. The lowest BCUT2D eigenvalue weighted by Gasteiger charge is -2.13. The summed E-state index contributed by atoms with van der Waals surface area (Å²) in [7, 11) is 3.31. The lowest BCUT2D eigenvalue weighted by atomic mass is 10.1. The summed E-state index contributed by atoms with van der Waals surface area (Å²) in [4.78, 5) is 0. The van der Waals surface area contributed by atoms with Gasteiger partial charge in [0, 0.05) is 20.2 Å². The Bertz CT molecular complexity index is 613. The molecule has 0 aromatic heterocycles. The Morgan fingerprint density at radius 1 is 0.913 bits per heavy atom. The van der Waals surface area contributed by atoms with Gasteiger partial charge in [-0.05, 0) is 35.7 Å². The molecule has 4 heteroatoms. The van der Waals surface area contributed by atoms with E-state index in [1.807, 2.05) is 12.1 Å². The van der Waals surface area contributed by atoms with Crippen LogP contribution in [0.1, 0.15) is 16.7 Å². The first-order chi connectivity index (χ1) is 11.2. The van der Waals surface area contributed by atoms with Crippen LogP contribution >= 0.6 is 0 Å². The Morgan fingerprint density at radius 2 is 1.74 bits per heavy atom. The number of hydrogen-bond acceptors (Lipinski definition) is 4. The molecule has 0 unspecified atom stereocenters. The zero-order valence-electron chi connectivity index (χ0n) is 14.1. The highest BCUT2D eigenvalue weighted by molar-refractivity contribution is 5.43. The highest BCUT2D eigenvalue weighted by atomic mass is 16.5. The fraction of sp³-hybridized carbons (Fsp3) is 0.368. The van der Waals surface area contributed by atoms with E-state index in [1.54, 1.807) is 14.2 Å². The third-order valence-corrected chi connectivity index (χ3v) is 3.68. The van der Waals surface area contributed by atoms with Gasteiger partial charge in [-0.2, -0.15) is 0 Å². The number of ether oxygens (including phenoxy) is 3. The van der Waals surface area contributed by atoms with E-state index < -0.39 is 0 Å². The van der Waals surface area contributed by atoms with Crippen LogP contribution in [0.2, 0.25) is 0 Å². The minimum Gasteiger partial charge on any atom is -0.493 e. The molecule has 0 amide bonds. The van der Waals surface area contributed by atoms with Crippen LogP contribution in [0.25, 0.3) is 0 Å². The van der Waals surface area contributed by atoms with Gasteiger partial charge in [0.15, 0.2) is 11.5 Å². The number of rotatable bonds is 9. The van der Waals surface area contributed by atoms with Crippen LogP contribution in [0.5, 0.6) is 11.5 Å². The molecule has 0 aliphatic rings. The topological polar surface area (TPSA) is 39.7 Å². The first kappa shape index (κ1) is 17.3. The van der Waals surface area contributed by atoms with E-state index in [1.165, 1.54) is 11.1 Å². The van der Waals surface area contributed by atoms with Crippen LogP contribution in [-0.2, 0) is 17.8 Å². The molecule has 0 fully saturated rings. The second-order valence-corrected chi connectivity index (χ2v) is 5.36. The summed E-state index contributed by atoms with van der Waals surface area (Å²) in [5, 5.41) is 3.47. The lowest BCUT2D eigenvalue weighted by molar-refractivity contribution is 0.144. The van der Waals surface area contributed by atoms with Gasteiger partial charge in [0.05, 0.1) is 13.7 Å². The molecule has 0 atom stereocenters. The Kier molecular flexibility index (Phi) is 6.91. The van der Waals surface area contributed by atoms with E-state index in [0.717, 1.165) is 30.2 Å². The van der Waals surface area contributed by atoms with Crippen molar-refractivity contribution in [1.29, 1.82) is 0 Å². The molecule has 0 spiro atoms. The van der Waals surface area contributed by atoms with E-state index >= 15 is 0 Å². The molecule has 2 rings (SSSR count). The summed E-state index contributed by atoms with van der Waals surface area (Å²) in [6, 6.07) is 14.4. The van der Waals surface area contributed by atoms with Gasteiger partial charge in [-0.1, -0.05) is 30.3 Å². The van der Waals surface area contributed by atoms with Crippen molar-refractivity contribution in [3.63, 3.8) is 0 Å². The summed E-state index contributed by atoms with van der Waals surface area (Å²) in [5.74, 6) is 1.49. The van der Waals surface area contributed by atoms with Crippen LogP contribution in [0.3, 0.4) is 0 Å². The van der Waals surface area contributed by atoms with Gasteiger partial charge in [0.25, 0.3) is 0 Å². The first-order valence-corrected chi connectivity index (χ1v) is 7.78. The highest BCUT2D eigenvalue weighted by Crippen LogP contribution is 2.28. The SMILES string of the molecule is COCCOc1ccc(CNCc2ccccc2C)cc1OC. The molecule has 0 aliphatic heterocycles. The van der Waals surface area contributed by atoms with Crippen LogP contribution in [0, 0.1) is 6.92 Å². The van der Waals surface area contributed by atoms with E-state index in [9.17, 15) is 0 Å². The van der Waals surface area contributed by atoms with Crippen molar-refractivity contribution >= 4 is 0 Å². The maximum absolute atomic E-state index is 5.64. The predicted molar refractivity (Wildman–Crippen MR) is 92.1 cm³/mol. The molecule has 0 saturated heterocycles. The molecule has 0 bridgehead atoms. The van der Waals surface area contributed by atoms with Gasteiger partial charge >= 0.3 is 0 Å². The number of hydrogen-bond donors (Lipinski definition) is 1. The normalized spacial score (nSPS) is 10.6. The van der Waals surface area contributed by atoms with Crippen LogP contribution in [0.15, 0.2) is 42.5 Å². The number of aryl methyl sites for hydroxylation is 1. The molecule has 0 aliphatic carbocycles. The molecular weight excluding hydrogens is 290 g/mol. The van der Waals surface area contributed by atoms with E-state index in [-0.39, 0.29) is 0 Å². The zero-order chi connectivity index (χ0) is 16.5. The van der Waals surface area contributed by atoms with Crippen molar-refractivity contribution in [2.75, 3.05) is 27.4 Å². The van der Waals surface area contributed by atoms with Gasteiger partial charge in [-0.3, -0.25) is 0 Å². The maximum atomic E-state index is 5.64. The third-order valence-electron chi connectivity index (χ3n) is 3.68. The van der Waals surface area contributed by atoms with Gasteiger partial charge in [-0.15, -0.1) is 0 Å². The van der Waals surface area contributed by atoms with E-state index in [4.69, 9.17) is 14.2 Å². The van der Waals surface area contributed by atoms with Crippen molar-refractivity contribution in [2.45, 2.75) is 20.0 Å². The van der Waals surface area contributed by atoms with Crippen LogP contribution in [-0.4, -0.2) is 27.4 Å². The van der Waals surface area contributed by atoms with Gasteiger partial charge in [-0.25, -0.2) is 0 Å². The average Bonchev–Trinajstić information content (AvgIpc) is 2.57. The molecule has 0 heterocycles. The fourth-order valence-corrected chi connectivity index (χ4v) is 2.33.